The molecule has 0 unspecified atom stereocenters. The molecule has 3 heterocycles. The van der Waals surface area contributed by atoms with E-state index in [0.717, 1.165) is 32.1 Å². The molecule has 0 bridgehead atoms. The van der Waals surface area contributed by atoms with E-state index in [-0.39, 0.29) is 29.7 Å². The van der Waals surface area contributed by atoms with Crippen LogP contribution in [-0.2, 0) is 6.42 Å². The summed E-state index contributed by atoms with van der Waals surface area (Å²) in [5, 5.41) is 9.31. The van der Waals surface area contributed by atoms with Gasteiger partial charge in [0.25, 0.3) is 0 Å². The second-order valence-corrected chi connectivity index (χ2v) is 7.48. The van der Waals surface area contributed by atoms with Gasteiger partial charge < -0.3 is 44.6 Å². The van der Waals surface area contributed by atoms with Crippen molar-refractivity contribution in [1.29, 1.82) is 0 Å². The zero-order valence-corrected chi connectivity index (χ0v) is 19.3. The highest BCUT2D eigenvalue weighted by molar-refractivity contribution is 5.38. The summed E-state index contributed by atoms with van der Waals surface area (Å²) in [6.07, 6.45) is 5.13. The SMILES string of the molecule is Nc1nc(N)nc(NCCCCCc2nc(N)nc(NCCCCNc3nc(N)nc(N)n3)n2)n1. The van der Waals surface area contributed by atoms with Crippen LogP contribution in [0.25, 0.3) is 0 Å². The third kappa shape index (κ3) is 9.06. The van der Waals surface area contributed by atoms with Crippen LogP contribution < -0.4 is 44.6 Å². The molecule has 13 N–H and O–H groups in total. The maximum Gasteiger partial charge on any atom is 0.229 e. The first-order chi connectivity index (χ1) is 16.9. The molecule has 188 valence electrons. The lowest BCUT2D eigenvalue weighted by Crippen LogP contribution is -2.13. The van der Waals surface area contributed by atoms with Crippen molar-refractivity contribution in [3.05, 3.63) is 5.82 Å². The Morgan fingerprint density at radius 1 is 0.400 bits per heavy atom. The van der Waals surface area contributed by atoms with Crippen molar-refractivity contribution in [2.75, 3.05) is 64.3 Å². The first-order valence-electron chi connectivity index (χ1n) is 11.1. The first-order valence-corrected chi connectivity index (χ1v) is 11.1. The third-order valence-electron chi connectivity index (χ3n) is 4.57. The van der Waals surface area contributed by atoms with Crippen LogP contribution in [0.15, 0.2) is 0 Å². The maximum absolute atomic E-state index is 5.84. The monoisotopic (exact) mass is 485 g/mol. The van der Waals surface area contributed by atoms with Gasteiger partial charge in [0.1, 0.15) is 5.82 Å². The molecule has 0 aliphatic heterocycles. The number of nitrogens with one attached hydrogen (secondary N) is 3. The molecule has 0 aromatic carbocycles. The Morgan fingerprint density at radius 2 is 0.771 bits per heavy atom. The number of hydrogen-bond donors (Lipinski definition) is 8. The Balaban J connectivity index is 1.30. The fourth-order valence-corrected chi connectivity index (χ4v) is 3.04. The van der Waals surface area contributed by atoms with Gasteiger partial charge in [-0.3, -0.25) is 0 Å². The minimum Gasteiger partial charge on any atom is -0.368 e. The number of aryl methyl sites for hydroxylation is 1. The molecular formula is C18H31N17. The average Bonchev–Trinajstić information content (AvgIpc) is 2.77. The van der Waals surface area contributed by atoms with E-state index in [4.69, 9.17) is 28.7 Å². The van der Waals surface area contributed by atoms with E-state index >= 15 is 0 Å². The third-order valence-corrected chi connectivity index (χ3v) is 4.57. The van der Waals surface area contributed by atoms with Crippen molar-refractivity contribution in [3.8, 4) is 0 Å². The van der Waals surface area contributed by atoms with Gasteiger partial charge in [-0.1, -0.05) is 6.42 Å². The van der Waals surface area contributed by atoms with Crippen molar-refractivity contribution >= 4 is 47.6 Å². The highest BCUT2D eigenvalue weighted by Gasteiger charge is 2.06. The Kier molecular flexibility index (Phi) is 9.03. The van der Waals surface area contributed by atoms with Gasteiger partial charge in [0, 0.05) is 26.1 Å². The summed E-state index contributed by atoms with van der Waals surface area (Å²) < 4.78 is 0. The number of aromatic nitrogens is 9. The smallest absolute Gasteiger partial charge is 0.229 e. The van der Waals surface area contributed by atoms with Crippen molar-refractivity contribution in [3.63, 3.8) is 0 Å². The molecule has 0 atom stereocenters. The van der Waals surface area contributed by atoms with E-state index in [0.29, 0.717) is 49.7 Å². The summed E-state index contributed by atoms with van der Waals surface area (Å²) in [5.74, 6) is 2.36. The predicted molar refractivity (Wildman–Crippen MR) is 134 cm³/mol. The van der Waals surface area contributed by atoms with Crippen molar-refractivity contribution in [1.82, 2.24) is 44.9 Å². The highest BCUT2D eigenvalue weighted by Crippen LogP contribution is 2.09. The minimum atomic E-state index is 0.0809. The number of unbranched alkanes of at least 4 members (excludes halogenated alkanes) is 3. The molecule has 0 radical (unpaired) electrons. The number of nitrogens with zero attached hydrogens (tertiary/aromatic N) is 9. The summed E-state index contributed by atoms with van der Waals surface area (Å²) in [4.78, 5) is 36.2. The summed E-state index contributed by atoms with van der Waals surface area (Å²) in [5.41, 5.74) is 28.0. The summed E-state index contributed by atoms with van der Waals surface area (Å²) in [6, 6.07) is 0. The van der Waals surface area contributed by atoms with Gasteiger partial charge in [-0.05, 0) is 25.7 Å². The number of rotatable bonds is 14. The fourth-order valence-electron chi connectivity index (χ4n) is 3.04. The highest BCUT2D eigenvalue weighted by atomic mass is 15.2. The lowest BCUT2D eigenvalue weighted by atomic mass is 10.2. The van der Waals surface area contributed by atoms with Crippen LogP contribution in [0, 0.1) is 0 Å². The van der Waals surface area contributed by atoms with Crippen LogP contribution >= 0.6 is 0 Å². The van der Waals surface area contributed by atoms with Crippen molar-refractivity contribution in [2.45, 2.75) is 38.5 Å². The van der Waals surface area contributed by atoms with Gasteiger partial charge in [0.05, 0.1) is 0 Å². The van der Waals surface area contributed by atoms with Crippen molar-refractivity contribution < 1.29 is 0 Å². The van der Waals surface area contributed by atoms with Crippen LogP contribution in [0.1, 0.15) is 37.9 Å². The molecule has 0 amide bonds. The van der Waals surface area contributed by atoms with Gasteiger partial charge in [-0.25, -0.2) is 0 Å². The van der Waals surface area contributed by atoms with E-state index in [2.05, 4.69) is 60.8 Å². The summed E-state index contributed by atoms with van der Waals surface area (Å²) >= 11 is 0. The van der Waals surface area contributed by atoms with Gasteiger partial charge in [-0.15, -0.1) is 0 Å². The van der Waals surface area contributed by atoms with Crippen LogP contribution in [0.3, 0.4) is 0 Å². The number of anilines is 8. The molecule has 17 heteroatoms. The van der Waals surface area contributed by atoms with Crippen LogP contribution in [0.2, 0.25) is 0 Å². The Bertz CT molecular complexity index is 968. The van der Waals surface area contributed by atoms with Gasteiger partial charge in [0.2, 0.25) is 47.6 Å². The molecule has 0 spiro atoms. The Hall–Kier alpha value is -4.57. The van der Waals surface area contributed by atoms with E-state index < -0.39 is 0 Å². The molecule has 35 heavy (non-hydrogen) atoms. The maximum atomic E-state index is 5.84. The second-order valence-electron chi connectivity index (χ2n) is 7.48. The van der Waals surface area contributed by atoms with E-state index in [1.807, 2.05) is 0 Å². The van der Waals surface area contributed by atoms with Gasteiger partial charge in [-0.2, -0.15) is 44.9 Å². The fraction of sp³-hybridized carbons (Fsp3) is 0.500. The van der Waals surface area contributed by atoms with E-state index in [1.54, 1.807) is 0 Å². The zero-order valence-electron chi connectivity index (χ0n) is 19.3. The zero-order chi connectivity index (χ0) is 25.0. The topological polar surface area (TPSA) is 282 Å². The average molecular weight is 486 g/mol. The predicted octanol–water partition coefficient (Wildman–Crippen LogP) is -0.718. The molecular weight excluding hydrogens is 454 g/mol. The minimum absolute atomic E-state index is 0.0809. The number of hydrogen-bond acceptors (Lipinski definition) is 17. The lowest BCUT2D eigenvalue weighted by Gasteiger charge is -2.08. The Labute approximate surface area is 201 Å². The summed E-state index contributed by atoms with van der Waals surface area (Å²) in [7, 11) is 0. The van der Waals surface area contributed by atoms with E-state index in [9.17, 15) is 0 Å². The summed E-state index contributed by atoms with van der Waals surface area (Å²) in [6.45, 7) is 2.00. The largest absolute Gasteiger partial charge is 0.368 e. The normalized spacial score (nSPS) is 10.7. The molecule has 0 saturated carbocycles. The van der Waals surface area contributed by atoms with E-state index in [1.165, 1.54) is 0 Å². The van der Waals surface area contributed by atoms with Gasteiger partial charge >= 0.3 is 0 Å². The number of nitrogens with two attached hydrogens (primary N) is 5. The first kappa shape index (κ1) is 25.1. The molecule has 3 aromatic heterocycles. The van der Waals surface area contributed by atoms with Gasteiger partial charge in [0.15, 0.2) is 0 Å². The molecule has 3 aromatic rings. The van der Waals surface area contributed by atoms with Crippen LogP contribution in [0.4, 0.5) is 47.6 Å². The quantitative estimate of drug-likeness (QED) is 0.131. The Morgan fingerprint density at radius 3 is 1.23 bits per heavy atom. The standard InChI is InChI=1S/C18H31N17/c19-11-27-10(6-2-1-3-7-25-17-32-12(20)29-13(21)33-17)28-16(31-11)24-8-4-5-9-26-18-34-14(22)30-15(23)35-18/h1-9H2,(H3,19,24,27,28,31)(H5,20,21,25,29,32,33)(H5,22,23,26,30,34,35). The molecule has 3 rings (SSSR count). The van der Waals surface area contributed by atoms with Crippen molar-refractivity contribution in [2.24, 2.45) is 0 Å². The molecule has 0 aliphatic rings. The molecule has 17 nitrogen and oxygen atoms in total. The molecule has 0 saturated heterocycles. The van der Waals surface area contributed by atoms with Crippen LogP contribution in [-0.4, -0.2) is 64.5 Å². The lowest BCUT2D eigenvalue weighted by molar-refractivity contribution is 0.675. The second kappa shape index (κ2) is 12.6. The molecule has 0 aliphatic carbocycles. The molecule has 0 fully saturated rings. The van der Waals surface area contributed by atoms with Crippen LogP contribution in [0.5, 0.6) is 0 Å². The number of nitrogen functional groups attached to an aromatic ring is 5.